The van der Waals surface area contributed by atoms with E-state index in [0.29, 0.717) is 12.5 Å². The van der Waals surface area contributed by atoms with E-state index in [1.54, 1.807) is 0 Å². The molecule has 0 unspecified atom stereocenters. The van der Waals surface area contributed by atoms with Crippen LogP contribution in [0.5, 0.6) is 0 Å². The third-order valence-electron chi connectivity index (χ3n) is 2.83. The molecule has 0 amide bonds. The molecule has 0 aromatic rings. The lowest BCUT2D eigenvalue weighted by Crippen LogP contribution is -2.35. The molecule has 0 spiro atoms. The van der Waals surface area contributed by atoms with Crippen molar-refractivity contribution in [3.8, 4) is 0 Å². The highest BCUT2D eigenvalue weighted by atomic mass is 16.4. The Morgan fingerprint density at radius 2 is 2.00 bits per heavy atom. The van der Waals surface area contributed by atoms with Crippen molar-refractivity contribution in [1.29, 1.82) is 0 Å². The fourth-order valence-corrected chi connectivity index (χ4v) is 1.85. The molecule has 1 heterocycles. The van der Waals surface area contributed by atoms with Crippen LogP contribution in [0.2, 0.25) is 0 Å². The standard InChI is InChI=1S/C10H19NO3/c12-8-9-3-6-11(7-4-9)5-1-2-10(13)14/h9,12H,1-8H2,(H,13,14). The number of nitrogens with zero attached hydrogens (tertiary/aromatic N) is 1. The maximum atomic E-state index is 10.3. The molecule has 1 saturated heterocycles. The molecule has 2 N–H and O–H groups in total. The van der Waals surface area contributed by atoms with Crippen molar-refractivity contribution in [1.82, 2.24) is 4.90 Å². The van der Waals surface area contributed by atoms with E-state index in [1.807, 2.05) is 0 Å². The van der Waals surface area contributed by atoms with Crippen LogP contribution < -0.4 is 0 Å². The lowest BCUT2D eigenvalue weighted by Gasteiger charge is -2.30. The Labute approximate surface area is 84.5 Å². The van der Waals surface area contributed by atoms with Gasteiger partial charge in [-0.05, 0) is 44.8 Å². The van der Waals surface area contributed by atoms with Gasteiger partial charge in [-0.25, -0.2) is 0 Å². The predicted octanol–water partition coefficient (Wildman–Crippen LogP) is 0.556. The number of carbonyl (C=O) groups is 1. The first-order chi connectivity index (χ1) is 6.72. The van der Waals surface area contributed by atoms with E-state index in [2.05, 4.69) is 4.90 Å². The minimum Gasteiger partial charge on any atom is -0.481 e. The molecule has 0 radical (unpaired) electrons. The molecule has 1 fully saturated rings. The smallest absolute Gasteiger partial charge is 0.303 e. The van der Waals surface area contributed by atoms with Crippen LogP contribution in [-0.4, -0.2) is 47.3 Å². The zero-order chi connectivity index (χ0) is 10.4. The number of aliphatic hydroxyl groups excluding tert-OH is 1. The molecule has 4 heteroatoms. The van der Waals surface area contributed by atoms with E-state index < -0.39 is 5.97 Å². The minimum atomic E-state index is -0.713. The highest BCUT2D eigenvalue weighted by molar-refractivity contribution is 5.66. The SMILES string of the molecule is O=C(O)CCCN1CCC(CO)CC1. The average Bonchev–Trinajstić information content (AvgIpc) is 2.18. The summed E-state index contributed by atoms with van der Waals surface area (Å²) in [6.45, 7) is 3.18. The van der Waals surface area contributed by atoms with E-state index in [1.165, 1.54) is 0 Å². The molecule has 0 atom stereocenters. The topological polar surface area (TPSA) is 60.8 Å². The van der Waals surface area contributed by atoms with Crippen LogP contribution in [0.1, 0.15) is 25.7 Å². The van der Waals surface area contributed by atoms with Gasteiger partial charge in [-0.3, -0.25) is 4.79 Å². The van der Waals surface area contributed by atoms with E-state index >= 15 is 0 Å². The van der Waals surface area contributed by atoms with Crippen molar-refractivity contribution >= 4 is 5.97 Å². The zero-order valence-electron chi connectivity index (χ0n) is 8.48. The van der Waals surface area contributed by atoms with Gasteiger partial charge < -0.3 is 15.1 Å². The Bertz CT molecular complexity index is 176. The van der Waals surface area contributed by atoms with E-state index in [-0.39, 0.29) is 6.42 Å². The van der Waals surface area contributed by atoms with Crippen LogP contribution in [0.15, 0.2) is 0 Å². The van der Waals surface area contributed by atoms with Gasteiger partial charge in [-0.1, -0.05) is 0 Å². The maximum Gasteiger partial charge on any atom is 0.303 e. The molecule has 0 saturated carbocycles. The number of carboxylic acid groups (broad SMARTS) is 1. The molecule has 1 rings (SSSR count). The normalized spacial score (nSPS) is 19.8. The summed E-state index contributed by atoms with van der Waals surface area (Å²) in [7, 11) is 0. The Balaban J connectivity index is 2.07. The van der Waals surface area contributed by atoms with Gasteiger partial charge in [0, 0.05) is 13.0 Å². The summed E-state index contributed by atoms with van der Waals surface area (Å²) in [5.41, 5.74) is 0. The fourth-order valence-electron chi connectivity index (χ4n) is 1.85. The van der Waals surface area contributed by atoms with Crippen LogP contribution in [0.3, 0.4) is 0 Å². The second kappa shape index (κ2) is 5.98. The highest BCUT2D eigenvalue weighted by Crippen LogP contribution is 2.16. The fraction of sp³-hybridized carbons (Fsp3) is 0.900. The number of carboxylic acids is 1. The predicted molar refractivity (Wildman–Crippen MR) is 53.1 cm³/mol. The number of hydrogen-bond donors (Lipinski definition) is 2. The van der Waals surface area contributed by atoms with E-state index in [9.17, 15) is 4.79 Å². The third kappa shape index (κ3) is 4.07. The molecule has 0 aromatic carbocycles. The van der Waals surface area contributed by atoms with Crippen molar-refractivity contribution in [3.63, 3.8) is 0 Å². The molecule has 1 aliphatic rings. The number of aliphatic carboxylic acids is 1. The monoisotopic (exact) mass is 201 g/mol. The first kappa shape index (κ1) is 11.5. The molecule has 82 valence electrons. The number of hydrogen-bond acceptors (Lipinski definition) is 3. The molecule has 0 bridgehead atoms. The second-order valence-corrected chi connectivity index (χ2v) is 3.96. The summed E-state index contributed by atoms with van der Waals surface area (Å²) < 4.78 is 0. The summed E-state index contributed by atoms with van der Waals surface area (Å²) in [6.07, 6.45) is 3.09. The Morgan fingerprint density at radius 1 is 1.36 bits per heavy atom. The van der Waals surface area contributed by atoms with Gasteiger partial charge in [0.05, 0.1) is 0 Å². The third-order valence-corrected chi connectivity index (χ3v) is 2.83. The summed E-state index contributed by atoms with van der Waals surface area (Å²) in [4.78, 5) is 12.6. The lowest BCUT2D eigenvalue weighted by molar-refractivity contribution is -0.137. The summed E-state index contributed by atoms with van der Waals surface area (Å²) in [5, 5.41) is 17.4. The van der Waals surface area contributed by atoms with Crippen molar-refractivity contribution in [2.45, 2.75) is 25.7 Å². The van der Waals surface area contributed by atoms with Crippen molar-refractivity contribution in [2.75, 3.05) is 26.2 Å². The van der Waals surface area contributed by atoms with Gasteiger partial charge in [0.15, 0.2) is 0 Å². The van der Waals surface area contributed by atoms with Gasteiger partial charge in [0.1, 0.15) is 0 Å². The zero-order valence-corrected chi connectivity index (χ0v) is 8.48. The van der Waals surface area contributed by atoms with E-state index in [4.69, 9.17) is 10.2 Å². The number of piperidine rings is 1. The Hall–Kier alpha value is -0.610. The molecular weight excluding hydrogens is 182 g/mol. The van der Waals surface area contributed by atoms with Gasteiger partial charge in [-0.2, -0.15) is 0 Å². The number of rotatable bonds is 5. The maximum absolute atomic E-state index is 10.3. The molecular formula is C10H19NO3. The number of likely N-dealkylation sites (tertiary alicyclic amines) is 1. The Kier molecular flexibility index (Phi) is 4.90. The average molecular weight is 201 g/mol. The van der Waals surface area contributed by atoms with Crippen LogP contribution in [0, 0.1) is 5.92 Å². The van der Waals surface area contributed by atoms with Gasteiger partial charge in [0.25, 0.3) is 0 Å². The molecule has 1 aliphatic heterocycles. The Morgan fingerprint density at radius 3 is 2.50 bits per heavy atom. The highest BCUT2D eigenvalue weighted by Gasteiger charge is 2.17. The largest absolute Gasteiger partial charge is 0.481 e. The first-order valence-corrected chi connectivity index (χ1v) is 5.27. The van der Waals surface area contributed by atoms with Crippen molar-refractivity contribution in [2.24, 2.45) is 5.92 Å². The van der Waals surface area contributed by atoms with Crippen LogP contribution in [0.25, 0.3) is 0 Å². The lowest BCUT2D eigenvalue weighted by atomic mass is 9.98. The molecule has 0 aromatic heterocycles. The van der Waals surface area contributed by atoms with Crippen LogP contribution in [0.4, 0.5) is 0 Å². The second-order valence-electron chi connectivity index (χ2n) is 3.96. The van der Waals surface area contributed by atoms with Gasteiger partial charge in [-0.15, -0.1) is 0 Å². The van der Waals surface area contributed by atoms with Crippen molar-refractivity contribution < 1.29 is 15.0 Å². The number of aliphatic hydroxyl groups is 1. The summed E-state index contributed by atoms with van der Waals surface area (Å²) in [5.74, 6) is -0.249. The van der Waals surface area contributed by atoms with E-state index in [0.717, 1.165) is 38.9 Å². The molecule has 0 aliphatic carbocycles. The summed E-state index contributed by atoms with van der Waals surface area (Å²) >= 11 is 0. The molecule has 4 nitrogen and oxygen atoms in total. The first-order valence-electron chi connectivity index (χ1n) is 5.27. The van der Waals surface area contributed by atoms with Crippen LogP contribution in [-0.2, 0) is 4.79 Å². The summed E-state index contributed by atoms with van der Waals surface area (Å²) in [6, 6.07) is 0. The quantitative estimate of drug-likeness (QED) is 0.682. The van der Waals surface area contributed by atoms with Crippen LogP contribution >= 0.6 is 0 Å². The molecule has 14 heavy (non-hydrogen) atoms. The van der Waals surface area contributed by atoms with Gasteiger partial charge in [0.2, 0.25) is 0 Å². The van der Waals surface area contributed by atoms with Gasteiger partial charge >= 0.3 is 5.97 Å². The van der Waals surface area contributed by atoms with Crippen molar-refractivity contribution in [3.05, 3.63) is 0 Å². The minimum absolute atomic E-state index is 0.264.